The van der Waals surface area contributed by atoms with E-state index in [0.717, 1.165) is 33.8 Å². The number of H-pyrrole nitrogens is 2. The number of hydrogen-bond donors (Lipinski definition) is 4. The molecule has 2 aromatic heterocycles. The first-order valence-electron chi connectivity index (χ1n) is 11.3. The Labute approximate surface area is 206 Å². The third-order valence-corrected chi connectivity index (χ3v) is 5.88. The number of aromatic amines is 2. The van der Waals surface area contributed by atoms with Crippen molar-refractivity contribution in [1.82, 2.24) is 20.2 Å². The predicted molar refractivity (Wildman–Crippen MR) is 139 cm³/mol. The molecule has 6 rings (SSSR count). The molecule has 3 heterocycles. The lowest BCUT2D eigenvalue weighted by molar-refractivity contribution is -0.110. The minimum Gasteiger partial charge on any atom is -0.360 e. The summed E-state index contributed by atoms with van der Waals surface area (Å²) in [5.41, 5.74) is 6.84. The highest BCUT2D eigenvalue weighted by Gasteiger charge is 2.24. The molecule has 8 nitrogen and oxygen atoms in total. The van der Waals surface area contributed by atoms with Gasteiger partial charge in [-0.3, -0.25) is 9.89 Å². The summed E-state index contributed by atoms with van der Waals surface area (Å²) in [5.74, 6) is 1.14. The number of nitriles is 1. The van der Waals surface area contributed by atoms with Crippen LogP contribution in [0.2, 0.25) is 0 Å². The zero-order valence-electron chi connectivity index (χ0n) is 18.9. The Balaban J connectivity index is 1.23. The first-order valence-corrected chi connectivity index (χ1v) is 11.3. The van der Waals surface area contributed by atoms with Crippen molar-refractivity contribution in [3.63, 3.8) is 0 Å². The van der Waals surface area contributed by atoms with Gasteiger partial charge in [0, 0.05) is 40.0 Å². The summed E-state index contributed by atoms with van der Waals surface area (Å²) >= 11 is 0. The number of nitrogens with zero attached hydrogens (tertiary/aromatic N) is 3. The smallest absolute Gasteiger partial charge is 0.256 e. The van der Waals surface area contributed by atoms with Crippen molar-refractivity contribution in [2.24, 2.45) is 0 Å². The Morgan fingerprint density at radius 2 is 1.75 bits per heavy atom. The summed E-state index contributed by atoms with van der Waals surface area (Å²) < 4.78 is 0. The first-order chi connectivity index (χ1) is 17.7. The van der Waals surface area contributed by atoms with E-state index in [0.29, 0.717) is 28.5 Å². The minimum atomic E-state index is -0.184. The van der Waals surface area contributed by atoms with Crippen LogP contribution in [0.15, 0.2) is 85.1 Å². The van der Waals surface area contributed by atoms with Gasteiger partial charge >= 0.3 is 0 Å². The van der Waals surface area contributed by atoms with E-state index >= 15 is 0 Å². The Hall–Kier alpha value is -5.42. The van der Waals surface area contributed by atoms with Crippen molar-refractivity contribution in [3.8, 4) is 28.8 Å². The summed E-state index contributed by atoms with van der Waals surface area (Å²) in [7, 11) is 0. The molecule has 36 heavy (non-hydrogen) atoms. The van der Waals surface area contributed by atoms with Crippen LogP contribution in [0.3, 0.4) is 0 Å². The molecule has 1 aliphatic heterocycles. The lowest BCUT2D eigenvalue weighted by atomic mass is 10.1. The van der Waals surface area contributed by atoms with Crippen molar-refractivity contribution in [1.29, 1.82) is 5.26 Å². The third kappa shape index (κ3) is 4.02. The van der Waals surface area contributed by atoms with Crippen LogP contribution in [0.25, 0.3) is 34.4 Å². The van der Waals surface area contributed by atoms with Crippen LogP contribution in [0.1, 0.15) is 16.8 Å². The van der Waals surface area contributed by atoms with Gasteiger partial charge in [0.05, 0.1) is 16.8 Å². The molecule has 3 aromatic carbocycles. The second-order valence-electron chi connectivity index (χ2n) is 8.31. The molecule has 0 aliphatic carbocycles. The Morgan fingerprint density at radius 3 is 2.58 bits per heavy atom. The van der Waals surface area contributed by atoms with Crippen LogP contribution < -0.4 is 10.6 Å². The van der Waals surface area contributed by atoms with Crippen molar-refractivity contribution >= 4 is 34.6 Å². The molecule has 0 bridgehead atoms. The molecule has 1 aliphatic rings. The number of carbonyl (C=O) groups excluding carboxylic acids is 1. The molecule has 0 unspecified atom stereocenters. The topological polar surface area (TPSA) is 122 Å². The van der Waals surface area contributed by atoms with Crippen LogP contribution >= 0.6 is 0 Å². The van der Waals surface area contributed by atoms with E-state index in [2.05, 4.69) is 36.9 Å². The van der Waals surface area contributed by atoms with Gasteiger partial charge in [0.2, 0.25) is 0 Å². The van der Waals surface area contributed by atoms with E-state index in [4.69, 9.17) is 5.26 Å². The maximum absolute atomic E-state index is 12.6. The zero-order valence-corrected chi connectivity index (χ0v) is 18.9. The van der Waals surface area contributed by atoms with Crippen LogP contribution in [-0.4, -0.2) is 26.1 Å². The second-order valence-corrected chi connectivity index (χ2v) is 8.31. The van der Waals surface area contributed by atoms with Crippen LogP contribution in [0.4, 0.5) is 17.1 Å². The van der Waals surface area contributed by atoms with Crippen LogP contribution in [0.5, 0.6) is 0 Å². The van der Waals surface area contributed by atoms with E-state index in [1.165, 1.54) is 0 Å². The number of amides is 1. The standard InChI is InChI=1S/C28H19N7O/c29-15-17-11-22(30-16-17)13-24-23-10-9-21(14-25(23)32-28(24)36)31-20-8-4-7-19(12-20)27-33-26(34-35-27)18-5-2-1-3-6-18/h1-14,16,30-31H,(H,32,36)(H,33,34,35)/b24-13-. The fourth-order valence-electron chi connectivity index (χ4n) is 4.15. The minimum absolute atomic E-state index is 0.184. The van der Waals surface area contributed by atoms with Gasteiger partial charge in [0.15, 0.2) is 11.6 Å². The highest BCUT2D eigenvalue weighted by atomic mass is 16.2. The lowest BCUT2D eigenvalue weighted by Crippen LogP contribution is -2.03. The summed E-state index contributed by atoms with van der Waals surface area (Å²) in [6.07, 6.45) is 3.36. The second kappa shape index (κ2) is 8.74. The molecule has 4 N–H and O–H groups in total. The molecular formula is C28H19N7O. The maximum Gasteiger partial charge on any atom is 0.256 e. The first kappa shape index (κ1) is 21.1. The van der Waals surface area contributed by atoms with Gasteiger partial charge in [0.1, 0.15) is 6.07 Å². The summed E-state index contributed by atoms with van der Waals surface area (Å²) in [4.78, 5) is 20.2. The van der Waals surface area contributed by atoms with E-state index < -0.39 is 0 Å². The molecule has 0 saturated carbocycles. The summed E-state index contributed by atoms with van der Waals surface area (Å²) in [6.45, 7) is 0. The fourth-order valence-corrected chi connectivity index (χ4v) is 4.15. The molecular weight excluding hydrogens is 450 g/mol. The Kier molecular flexibility index (Phi) is 5.13. The number of hydrogen-bond acceptors (Lipinski definition) is 5. The number of fused-ring (bicyclic) bond motifs is 1. The van der Waals surface area contributed by atoms with E-state index in [-0.39, 0.29) is 5.91 Å². The Morgan fingerprint density at radius 1 is 0.917 bits per heavy atom. The predicted octanol–water partition coefficient (Wildman–Crippen LogP) is 5.57. The molecule has 172 valence electrons. The molecule has 0 radical (unpaired) electrons. The van der Waals surface area contributed by atoms with E-state index in [1.54, 1.807) is 18.3 Å². The number of benzene rings is 3. The molecule has 0 saturated heterocycles. The van der Waals surface area contributed by atoms with Crippen molar-refractivity contribution in [3.05, 3.63) is 102 Å². The highest BCUT2D eigenvalue weighted by Crippen LogP contribution is 2.36. The lowest BCUT2D eigenvalue weighted by Gasteiger charge is -2.09. The molecule has 5 aromatic rings. The molecule has 1 amide bonds. The van der Waals surface area contributed by atoms with Crippen LogP contribution in [-0.2, 0) is 4.79 Å². The molecule has 0 fully saturated rings. The fraction of sp³-hybridized carbons (Fsp3) is 0. The zero-order chi connectivity index (χ0) is 24.5. The number of nitrogens with one attached hydrogen (secondary N) is 4. The van der Waals surface area contributed by atoms with Crippen LogP contribution in [0, 0.1) is 11.3 Å². The largest absolute Gasteiger partial charge is 0.360 e. The molecule has 8 heteroatoms. The van der Waals surface area contributed by atoms with Gasteiger partial charge in [-0.05, 0) is 36.4 Å². The van der Waals surface area contributed by atoms with Crippen molar-refractivity contribution < 1.29 is 4.79 Å². The highest BCUT2D eigenvalue weighted by molar-refractivity contribution is 6.35. The van der Waals surface area contributed by atoms with E-state index in [9.17, 15) is 4.79 Å². The van der Waals surface area contributed by atoms with Gasteiger partial charge in [-0.1, -0.05) is 48.5 Å². The molecule has 0 atom stereocenters. The van der Waals surface area contributed by atoms with Crippen molar-refractivity contribution in [2.45, 2.75) is 0 Å². The SMILES string of the molecule is N#Cc1c[nH]c(/C=C2\C(=O)Nc3cc(Nc4cccc(-c5n[nH]c(-c6ccccc6)n5)c4)ccc32)c1. The molecule has 0 spiro atoms. The monoisotopic (exact) mass is 469 g/mol. The van der Waals surface area contributed by atoms with Gasteiger partial charge in [-0.15, -0.1) is 0 Å². The maximum atomic E-state index is 12.6. The normalized spacial score (nSPS) is 13.3. The summed E-state index contributed by atoms with van der Waals surface area (Å²) in [5, 5.41) is 22.7. The van der Waals surface area contributed by atoms with Gasteiger partial charge in [0.25, 0.3) is 5.91 Å². The quantitative estimate of drug-likeness (QED) is 0.251. The number of anilines is 3. The van der Waals surface area contributed by atoms with Crippen molar-refractivity contribution in [2.75, 3.05) is 10.6 Å². The third-order valence-electron chi connectivity index (χ3n) is 5.88. The Bertz CT molecular complexity index is 1670. The van der Waals surface area contributed by atoms with Gasteiger partial charge in [-0.2, -0.15) is 10.4 Å². The average molecular weight is 470 g/mol. The van der Waals surface area contributed by atoms with E-state index in [1.807, 2.05) is 72.8 Å². The van der Waals surface area contributed by atoms with Gasteiger partial charge < -0.3 is 15.6 Å². The number of carbonyl (C=O) groups is 1. The number of aromatic nitrogens is 4. The number of rotatable bonds is 5. The average Bonchev–Trinajstić information content (AvgIpc) is 3.64. The van der Waals surface area contributed by atoms with Gasteiger partial charge in [-0.25, -0.2) is 4.98 Å². The summed E-state index contributed by atoms with van der Waals surface area (Å²) in [6, 6.07) is 27.2.